The fourth-order valence-corrected chi connectivity index (χ4v) is 5.06. The van der Waals surface area contributed by atoms with E-state index in [2.05, 4.69) is 10.0 Å². The predicted octanol–water partition coefficient (Wildman–Crippen LogP) is 3.92. The standard InChI is InChI=1S/C20H19FN2O4S2/c1-13(24)22-16-9-10-17(27-2)19(12-16)29(25,26)23-20(18-4-3-11-28-18)14-5-7-15(21)8-6-14/h3-12,20,23H,1-2H3,(H,22,24)/t20-/m0/s1. The fraction of sp³-hybridized carbons (Fsp3) is 0.150. The van der Waals surface area contributed by atoms with E-state index in [1.54, 1.807) is 12.1 Å². The Kier molecular flexibility index (Phi) is 6.31. The Balaban J connectivity index is 2.03. The van der Waals surface area contributed by atoms with Gasteiger partial charge in [-0.05, 0) is 47.3 Å². The average molecular weight is 435 g/mol. The van der Waals surface area contributed by atoms with Crippen LogP contribution in [0.2, 0.25) is 0 Å². The second kappa shape index (κ2) is 8.73. The molecule has 0 aliphatic rings. The molecule has 0 spiro atoms. The van der Waals surface area contributed by atoms with Gasteiger partial charge in [-0.2, -0.15) is 4.72 Å². The van der Waals surface area contributed by atoms with Gasteiger partial charge in [-0.1, -0.05) is 18.2 Å². The predicted molar refractivity (Wildman–Crippen MR) is 110 cm³/mol. The zero-order valence-electron chi connectivity index (χ0n) is 15.7. The molecule has 2 aromatic carbocycles. The maximum Gasteiger partial charge on any atom is 0.245 e. The number of anilines is 1. The number of carbonyl (C=O) groups excluding carboxylic acids is 1. The van der Waals surface area contributed by atoms with Crippen LogP contribution in [0.4, 0.5) is 10.1 Å². The number of methoxy groups -OCH3 is 1. The van der Waals surface area contributed by atoms with Gasteiger partial charge in [0.25, 0.3) is 0 Å². The van der Waals surface area contributed by atoms with Gasteiger partial charge in [0, 0.05) is 17.5 Å². The van der Waals surface area contributed by atoms with E-state index in [9.17, 15) is 17.6 Å². The van der Waals surface area contributed by atoms with Crippen molar-refractivity contribution in [3.63, 3.8) is 0 Å². The van der Waals surface area contributed by atoms with Crippen molar-refractivity contribution in [2.45, 2.75) is 17.9 Å². The van der Waals surface area contributed by atoms with Gasteiger partial charge in [-0.15, -0.1) is 11.3 Å². The lowest BCUT2D eigenvalue weighted by atomic mass is 10.1. The van der Waals surface area contributed by atoms with Crippen molar-refractivity contribution >= 4 is 33.0 Å². The van der Waals surface area contributed by atoms with Gasteiger partial charge in [0.2, 0.25) is 15.9 Å². The van der Waals surface area contributed by atoms with Crippen molar-refractivity contribution in [2.24, 2.45) is 0 Å². The molecular formula is C20H19FN2O4S2. The zero-order chi connectivity index (χ0) is 21.0. The molecule has 2 N–H and O–H groups in total. The van der Waals surface area contributed by atoms with Crippen LogP contribution in [-0.4, -0.2) is 21.4 Å². The number of benzene rings is 2. The van der Waals surface area contributed by atoms with Gasteiger partial charge in [0.05, 0.1) is 13.2 Å². The van der Waals surface area contributed by atoms with Crippen LogP contribution in [0.1, 0.15) is 23.4 Å². The number of amides is 1. The van der Waals surface area contributed by atoms with Crippen molar-refractivity contribution in [1.82, 2.24) is 4.72 Å². The van der Waals surface area contributed by atoms with Crippen LogP contribution < -0.4 is 14.8 Å². The minimum Gasteiger partial charge on any atom is -0.495 e. The van der Waals surface area contributed by atoms with E-state index in [1.807, 2.05) is 11.4 Å². The summed E-state index contributed by atoms with van der Waals surface area (Å²) in [7, 11) is -2.69. The second-order valence-electron chi connectivity index (χ2n) is 6.17. The van der Waals surface area contributed by atoms with Crippen LogP contribution in [0, 0.1) is 5.82 Å². The van der Waals surface area contributed by atoms with Gasteiger partial charge < -0.3 is 10.1 Å². The van der Waals surface area contributed by atoms with Gasteiger partial charge >= 0.3 is 0 Å². The lowest BCUT2D eigenvalue weighted by Crippen LogP contribution is -2.29. The van der Waals surface area contributed by atoms with E-state index in [4.69, 9.17) is 4.74 Å². The number of sulfonamides is 1. The Hall–Kier alpha value is -2.75. The first-order valence-corrected chi connectivity index (χ1v) is 10.9. The third-order valence-corrected chi connectivity index (χ3v) is 6.46. The molecule has 0 saturated heterocycles. The van der Waals surface area contributed by atoms with E-state index in [0.717, 1.165) is 4.88 Å². The normalized spacial score (nSPS) is 12.4. The van der Waals surface area contributed by atoms with Crippen LogP contribution in [0.3, 0.4) is 0 Å². The molecule has 0 radical (unpaired) electrons. The van der Waals surface area contributed by atoms with E-state index >= 15 is 0 Å². The van der Waals surface area contributed by atoms with Crippen molar-refractivity contribution in [2.75, 3.05) is 12.4 Å². The first-order chi connectivity index (χ1) is 13.8. The highest BCUT2D eigenvalue weighted by Crippen LogP contribution is 2.32. The molecule has 9 heteroatoms. The first-order valence-electron chi connectivity index (χ1n) is 8.57. The van der Waals surface area contributed by atoms with Crippen molar-refractivity contribution in [3.05, 3.63) is 76.2 Å². The Morgan fingerprint density at radius 2 is 1.86 bits per heavy atom. The van der Waals surface area contributed by atoms with Crippen LogP contribution in [0.5, 0.6) is 5.75 Å². The Bertz CT molecular complexity index is 1100. The molecule has 3 rings (SSSR count). The number of carbonyl (C=O) groups is 1. The van der Waals surface area contributed by atoms with Gasteiger partial charge in [-0.3, -0.25) is 4.79 Å². The molecule has 29 heavy (non-hydrogen) atoms. The van der Waals surface area contributed by atoms with Crippen molar-refractivity contribution < 1.29 is 22.3 Å². The van der Waals surface area contributed by atoms with Crippen molar-refractivity contribution in [1.29, 1.82) is 0 Å². The summed E-state index contributed by atoms with van der Waals surface area (Å²) in [6, 6.07) is 12.9. The van der Waals surface area contributed by atoms with E-state index in [1.165, 1.54) is 61.8 Å². The number of hydrogen-bond acceptors (Lipinski definition) is 5. The monoisotopic (exact) mass is 434 g/mol. The molecule has 0 saturated carbocycles. The number of thiophene rings is 1. The first kappa shape index (κ1) is 21.0. The van der Waals surface area contributed by atoms with Crippen LogP contribution in [0.15, 0.2) is 64.9 Å². The number of ether oxygens (including phenoxy) is 1. The summed E-state index contributed by atoms with van der Waals surface area (Å²) >= 11 is 1.38. The lowest BCUT2D eigenvalue weighted by molar-refractivity contribution is -0.114. The van der Waals surface area contributed by atoms with Crippen molar-refractivity contribution in [3.8, 4) is 5.75 Å². The fourth-order valence-electron chi connectivity index (χ4n) is 2.79. The summed E-state index contributed by atoms with van der Waals surface area (Å²) < 4.78 is 47.7. The maximum absolute atomic E-state index is 13.4. The number of hydrogen-bond donors (Lipinski definition) is 2. The van der Waals surface area contributed by atoms with Crippen LogP contribution in [-0.2, 0) is 14.8 Å². The summed E-state index contributed by atoms with van der Waals surface area (Å²) in [5, 5.41) is 4.39. The quantitative estimate of drug-likeness (QED) is 0.590. The third kappa shape index (κ3) is 5.00. The van der Waals surface area contributed by atoms with Gasteiger partial charge in [-0.25, -0.2) is 12.8 Å². The Labute approximate surface area is 172 Å². The smallest absolute Gasteiger partial charge is 0.245 e. The van der Waals surface area contributed by atoms with Gasteiger partial charge in [0.15, 0.2) is 0 Å². The molecule has 0 aliphatic heterocycles. The average Bonchev–Trinajstić information content (AvgIpc) is 3.21. The summed E-state index contributed by atoms with van der Waals surface area (Å²) in [5.74, 6) is -0.601. The number of rotatable bonds is 7. The SMILES string of the molecule is COc1ccc(NC(C)=O)cc1S(=O)(=O)N[C@@H](c1ccc(F)cc1)c1cccs1. The molecule has 0 aliphatic carbocycles. The summed E-state index contributed by atoms with van der Waals surface area (Å²) in [4.78, 5) is 12.0. The Morgan fingerprint density at radius 3 is 2.45 bits per heavy atom. The van der Waals surface area contributed by atoms with Crippen LogP contribution >= 0.6 is 11.3 Å². The maximum atomic E-state index is 13.4. The molecule has 1 amide bonds. The molecule has 0 bridgehead atoms. The summed E-state index contributed by atoms with van der Waals surface area (Å²) in [6.07, 6.45) is 0. The second-order valence-corrected chi connectivity index (χ2v) is 8.83. The molecule has 1 heterocycles. The molecule has 0 unspecified atom stereocenters. The largest absolute Gasteiger partial charge is 0.495 e. The zero-order valence-corrected chi connectivity index (χ0v) is 17.3. The van der Waals surface area contributed by atoms with Crippen LogP contribution in [0.25, 0.3) is 0 Å². The highest BCUT2D eigenvalue weighted by Gasteiger charge is 2.27. The number of halogens is 1. The molecule has 3 aromatic rings. The topological polar surface area (TPSA) is 84.5 Å². The minimum absolute atomic E-state index is 0.116. The van der Waals surface area contributed by atoms with E-state index in [0.29, 0.717) is 11.3 Å². The summed E-state index contributed by atoms with van der Waals surface area (Å²) in [5.41, 5.74) is 0.919. The molecule has 152 valence electrons. The third-order valence-electron chi connectivity index (χ3n) is 4.08. The molecule has 6 nitrogen and oxygen atoms in total. The molecule has 0 fully saturated rings. The highest BCUT2D eigenvalue weighted by atomic mass is 32.2. The molecular weight excluding hydrogens is 415 g/mol. The summed E-state index contributed by atoms with van der Waals surface area (Å²) in [6.45, 7) is 1.33. The lowest BCUT2D eigenvalue weighted by Gasteiger charge is -2.20. The van der Waals surface area contributed by atoms with E-state index < -0.39 is 21.9 Å². The van der Waals surface area contributed by atoms with E-state index in [-0.39, 0.29) is 16.6 Å². The minimum atomic E-state index is -4.06. The van der Waals surface area contributed by atoms with Gasteiger partial charge in [0.1, 0.15) is 16.5 Å². The highest BCUT2D eigenvalue weighted by molar-refractivity contribution is 7.89. The molecule has 1 aromatic heterocycles. The molecule has 1 atom stereocenters. The number of nitrogens with one attached hydrogen (secondary N) is 2. The Morgan fingerprint density at radius 1 is 1.14 bits per heavy atom.